The number of aryl methyl sites for hydroxylation is 1. The number of carbonyl (C=O) groups excluding carboxylic acids is 1. The lowest BCUT2D eigenvalue weighted by Gasteiger charge is -2.24. The van der Waals surface area contributed by atoms with E-state index >= 15 is 0 Å². The second-order valence-electron chi connectivity index (χ2n) is 6.96. The molecule has 0 unspecified atom stereocenters. The number of benzene rings is 1. The molecule has 1 saturated heterocycles. The summed E-state index contributed by atoms with van der Waals surface area (Å²) in [4.78, 5) is 25.0. The quantitative estimate of drug-likeness (QED) is 0.908. The van der Waals surface area contributed by atoms with Gasteiger partial charge in [-0.1, -0.05) is 12.1 Å². The van der Waals surface area contributed by atoms with E-state index in [-0.39, 0.29) is 13.1 Å². The largest absolute Gasteiger partial charge is 0.481 e. The van der Waals surface area contributed by atoms with Crippen LogP contribution >= 0.6 is 0 Å². The van der Waals surface area contributed by atoms with E-state index in [1.54, 1.807) is 39.8 Å². The van der Waals surface area contributed by atoms with Gasteiger partial charge in [-0.2, -0.15) is 0 Å². The van der Waals surface area contributed by atoms with Crippen molar-refractivity contribution in [3.05, 3.63) is 35.1 Å². The molecule has 1 amide bonds. The van der Waals surface area contributed by atoms with Crippen LogP contribution in [-0.2, 0) is 9.53 Å². The molecule has 1 aromatic carbocycles. The summed E-state index contributed by atoms with van der Waals surface area (Å²) in [5.74, 6) is -2.91. The average Bonchev–Trinajstić information content (AvgIpc) is 2.81. The molecule has 0 spiro atoms. The minimum atomic E-state index is -1.04. The maximum absolute atomic E-state index is 14.2. The highest BCUT2D eigenvalue weighted by molar-refractivity contribution is 5.76. The van der Waals surface area contributed by atoms with Gasteiger partial charge in [-0.15, -0.1) is 0 Å². The molecular formula is C17H22FNO4. The van der Waals surface area contributed by atoms with Crippen molar-refractivity contribution in [1.29, 1.82) is 0 Å². The molecule has 126 valence electrons. The van der Waals surface area contributed by atoms with Crippen LogP contribution in [0.5, 0.6) is 0 Å². The Balaban J connectivity index is 2.25. The summed E-state index contributed by atoms with van der Waals surface area (Å²) in [6.45, 7) is 7.14. The van der Waals surface area contributed by atoms with E-state index in [2.05, 4.69) is 0 Å². The zero-order valence-corrected chi connectivity index (χ0v) is 13.8. The SMILES string of the molecule is Cc1ccc([C@@H]2CN(C(=O)OC(C)(C)C)C[C@H]2C(=O)O)c(F)c1. The molecule has 1 N–H and O–H groups in total. The van der Waals surface area contributed by atoms with E-state index in [0.29, 0.717) is 5.56 Å². The van der Waals surface area contributed by atoms with Crippen LogP contribution in [0.3, 0.4) is 0 Å². The Morgan fingerprint density at radius 2 is 1.96 bits per heavy atom. The molecule has 5 nitrogen and oxygen atoms in total. The average molecular weight is 323 g/mol. The van der Waals surface area contributed by atoms with Gasteiger partial charge in [0.1, 0.15) is 11.4 Å². The van der Waals surface area contributed by atoms with Gasteiger partial charge in [0.25, 0.3) is 0 Å². The molecule has 23 heavy (non-hydrogen) atoms. The number of hydrogen-bond donors (Lipinski definition) is 1. The number of likely N-dealkylation sites (tertiary alicyclic amines) is 1. The number of hydrogen-bond acceptors (Lipinski definition) is 3. The van der Waals surface area contributed by atoms with Gasteiger partial charge in [-0.05, 0) is 44.9 Å². The molecule has 1 aliphatic rings. The fraction of sp³-hybridized carbons (Fsp3) is 0.529. The van der Waals surface area contributed by atoms with Crippen LogP contribution in [0.25, 0.3) is 0 Å². The van der Waals surface area contributed by atoms with Crippen LogP contribution < -0.4 is 0 Å². The Morgan fingerprint density at radius 3 is 2.48 bits per heavy atom. The van der Waals surface area contributed by atoms with Crippen molar-refractivity contribution in [3.8, 4) is 0 Å². The number of aliphatic carboxylic acids is 1. The van der Waals surface area contributed by atoms with Crippen molar-refractivity contribution >= 4 is 12.1 Å². The van der Waals surface area contributed by atoms with Crippen LogP contribution in [0, 0.1) is 18.7 Å². The van der Waals surface area contributed by atoms with E-state index in [1.165, 1.54) is 11.0 Å². The smallest absolute Gasteiger partial charge is 0.410 e. The Bertz CT molecular complexity index is 624. The predicted octanol–water partition coefficient (Wildman–Crippen LogP) is 3.17. The molecule has 1 aliphatic heterocycles. The summed E-state index contributed by atoms with van der Waals surface area (Å²) in [6.07, 6.45) is -0.571. The molecule has 2 rings (SSSR count). The van der Waals surface area contributed by atoms with Crippen molar-refractivity contribution in [2.45, 2.75) is 39.2 Å². The molecule has 2 atom stereocenters. The first-order chi connectivity index (χ1) is 10.6. The molecule has 0 aromatic heterocycles. The molecule has 0 bridgehead atoms. The van der Waals surface area contributed by atoms with Gasteiger partial charge in [-0.3, -0.25) is 4.79 Å². The van der Waals surface area contributed by atoms with Gasteiger partial charge in [0.05, 0.1) is 5.92 Å². The molecule has 1 fully saturated rings. The summed E-state index contributed by atoms with van der Waals surface area (Å²) in [7, 11) is 0. The Labute approximate surface area is 135 Å². The fourth-order valence-corrected chi connectivity index (χ4v) is 2.78. The lowest BCUT2D eigenvalue weighted by atomic mass is 9.88. The molecule has 1 aromatic rings. The first kappa shape index (κ1) is 17.2. The zero-order chi connectivity index (χ0) is 17.4. The van der Waals surface area contributed by atoms with E-state index in [4.69, 9.17) is 4.74 Å². The summed E-state index contributed by atoms with van der Waals surface area (Å²) in [5.41, 5.74) is 0.428. The number of amides is 1. The van der Waals surface area contributed by atoms with E-state index < -0.39 is 35.3 Å². The number of nitrogens with zero attached hydrogens (tertiary/aromatic N) is 1. The van der Waals surface area contributed by atoms with Gasteiger partial charge >= 0.3 is 12.1 Å². The third-order valence-electron chi connectivity index (χ3n) is 3.84. The topological polar surface area (TPSA) is 66.8 Å². The Hall–Kier alpha value is -2.11. The third-order valence-corrected chi connectivity index (χ3v) is 3.84. The molecular weight excluding hydrogens is 301 g/mol. The number of carboxylic acid groups (broad SMARTS) is 1. The van der Waals surface area contributed by atoms with Crippen LogP contribution in [0.15, 0.2) is 18.2 Å². The summed E-state index contributed by atoms with van der Waals surface area (Å²) < 4.78 is 19.5. The fourth-order valence-electron chi connectivity index (χ4n) is 2.78. The Morgan fingerprint density at radius 1 is 1.30 bits per heavy atom. The zero-order valence-electron chi connectivity index (χ0n) is 13.8. The van der Waals surface area contributed by atoms with Crippen molar-refractivity contribution in [1.82, 2.24) is 4.90 Å². The van der Waals surface area contributed by atoms with Crippen molar-refractivity contribution in [2.24, 2.45) is 5.92 Å². The van der Waals surface area contributed by atoms with Crippen LogP contribution in [0.4, 0.5) is 9.18 Å². The van der Waals surface area contributed by atoms with E-state index in [0.717, 1.165) is 5.56 Å². The second kappa shape index (κ2) is 6.18. The van der Waals surface area contributed by atoms with Crippen molar-refractivity contribution in [3.63, 3.8) is 0 Å². The highest BCUT2D eigenvalue weighted by atomic mass is 19.1. The van der Waals surface area contributed by atoms with Gasteiger partial charge in [0, 0.05) is 19.0 Å². The minimum absolute atomic E-state index is 0.0161. The maximum atomic E-state index is 14.2. The van der Waals surface area contributed by atoms with Crippen LogP contribution in [0.1, 0.15) is 37.8 Å². The number of halogens is 1. The van der Waals surface area contributed by atoms with Crippen LogP contribution in [-0.4, -0.2) is 40.8 Å². The van der Waals surface area contributed by atoms with Gasteiger partial charge in [0.2, 0.25) is 0 Å². The minimum Gasteiger partial charge on any atom is -0.481 e. The van der Waals surface area contributed by atoms with E-state index in [1.807, 2.05) is 0 Å². The van der Waals surface area contributed by atoms with Crippen molar-refractivity contribution in [2.75, 3.05) is 13.1 Å². The maximum Gasteiger partial charge on any atom is 0.410 e. The van der Waals surface area contributed by atoms with Gasteiger partial charge in [-0.25, -0.2) is 9.18 Å². The standard InChI is InChI=1S/C17H22FNO4/c1-10-5-6-11(14(18)7-10)12-8-19(9-13(12)15(20)21)16(22)23-17(2,3)4/h5-7,12-13H,8-9H2,1-4H3,(H,20,21)/t12-,13+/m0/s1. The first-order valence-corrected chi connectivity index (χ1v) is 7.55. The summed E-state index contributed by atoms with van der Waals surface area (Å²) in [5, 5.41) is 9.42. The molecule has 1 heterocycles. The van der Waals surface area contributed by atoms with E-state index in [9.17, 15) is 19.1 Å². The normalized spacial score (nSPS) is 21.3. The third kappa shape index (κ3) is 4.00. The van der Waals surface area contributed by atoms with Gasteiger partial charge in [0.15, 0.2) is 0 Å². The highest BCUT2D eigenvalue weighted by Gasteiger charge is 2.42. The lowest BCUT2D eigenvalue weighted by molar-refractivity contribution is -0.141. The monoisotopic (exact) mass is 323 g/mol. The second-order valence-corrected chi connectivity index (χ2v) is 6.96. The Kier molecular flexibility index (Phi) is 4.63. The highest BCUT2D eigenvalue weighted by Crippen LogP contribution is 2.35. The number of rotatable bonds is 2. The lowest BCUT2D eigenvalue weighted by Crippen LogP contribution is -2.35. The first-order valence-electron chi connectivity index (χ1n) is 7.55. The number of carboxylic acids is 1. The number of carbonyl (C=O) groups is 2. The van der Waals surface area contributed by atoms with Crippen LogP contribution in [0.2, 0.25) is 0 Å². The molecule has 0 aliphatic carbocycles. The van der Waals surface area contributed by atoms with Crippen molar-refractivity contribution < 1.29 is 23.8 Å². The predicted molar refractivity (Wildman–Crippen MR) is 82.8 cm³/mol. The van der Waals surface area contributed by atoms with Gasteiger partial charge < -0.3 is 14.7 Å². The molecule has 0 saturated carbocycles. The molecule has 0 radical (unpaired) electrons. The molecule has 6 heteroatoms. The number of ether oxygens (including phenoxy) is 1. The summed E-state index contributed by atoms with van der Waals surface area (Å²) in [6, 6.07) is 4.72. The summed E-state index contributed by atoms with van der Waals surface area (Å²) >= 11 is 0.